The van der Waals surface area contributed by atoms with Crippen molar-refractivity contribution in [1.29, 1.82) is 0 Å². The summed E-state index contributed by atoms with van der Waals surface area (Å²) in [6.07, 6.45) is 0.640. The van der Waals surface area contributed by atoms with Gasteiger partial charge in [-0.2, -0.15) is 0 Å². The normalized spacial score (nSPS) is 10.9. The summed E-state index contributed by atoms with van der Waals surface area (Å²) in [5.74, 6) is 2.04. The van der Waals surface area contributed by atoms with Crippen LogP contribution in [0.1, 0.15) is 13.3 Å². The van der Waals surface area contributed by atoms with Crippen molar-refractivity contribution in [2.75, 3.05) is 13.2 Å². The Morgan fingerprint density at radius 1 is 0.903 bits per heavy atom. The molecule has 0 fully saturated rings. The molecule has 1 aromatic heterocycles. The van der Waals surface area contributed by atoms with E-state index >= 15 is 0 Å². The minimum Gasteiger partial charge on any atom is -0.490 e. The van der Waals surface area contributed by atoms with Crippen molar-refractivity contribution in [2.24, 2.45) is 0 Å². The lowest BCUT2D eigenvalue weighted by atomic mass is 10.1. The van der Waals surface area contributed by atoms with E-state index in [1.165, 1.54) is 0 Å². The van der Waals surface area contributed by atoms with Gasteiger partial charge in [0.15, 0.2) is 11.5 Å². The Morgan fingerprint density at radius 3 is 2.32 bits per heavy atom. The number of para-hydroxylation sites is 3. The highest BCUT2D eigenvalue weighted by Gasteiger charge is 2.13. The molecular formula is C25H23ClN2O3. The Hall–Kier alpha value is -3.31. The van der Waals surface area contributed by atoms with E-state index in [4.69, 9.17) is 26.1 Å². The summed E-state index contributed by atoms with van der Waals surface area (Å²) in [6, 6.07) is 22.4. The van der Waals surface area contributed by atoms with Crippen LogP contribution in [0.3, 0.4) is 0 Å². The topological polar surface area (TPSA) is 53.4 Å². The Morgan fingerprint density at radius 2 is 1.58 bits per heavy atom. The molecule has 4 aromatic rings. The van der Waals surface area contributed by atoms with Crippen molar-refractivity contribution in [3.63, 3.8) is 0 Å². The number of benzene rings is 3. The number of nitrogens with zero attached hydrogens (tertiary/aromatic N) is 2. The van der Waals surface area contributed by atoms with E-state index < -0.39 is 0 Å². The van der Waals surface area contributed by atoms with Gasteiger partial charge in [0.1, 0.15) is 5.82 Å². The molecule has 0 aliphatic carbocycles. The molecule has 0 saturated heterocycles. The minimum atomic E-state index is -0.0646. The second-order valence-electron chi connectivity index (χ2n) is 7.00. The minimum absolute atomic E-state index is 0.0646. The molecule has 0 spiro atoms. The molecule has 4 rings (SSSR count). The molecule has 6 heteroatoms. The van der Waals surface area contributed by atoms with E-state index in [-0.39, 0.29) is 5.56 Å². The zero-order valence-corrected chi connectivity index (χ0v) is 18.0. The van der Waals surface area contributed by atoms with E-state index in [1.807, 2.05) is 67.6 Å². The first-order valence-corrected chi connectivity index (χ1v) is 10.7. The van der Waals surface area contributed by atoms with Crippen molar-refractivity contribution < 1.29 is 9.47 Å². The average molecular weight is 435 g/mol. The smallest absolute Gasteiger partial charge is 0.261 e. The van der Waals surface area contributed by atoms with Gasteiger partial charge < -0.3 is 9.47 Å². The number of fused-ring (bicyclic) bond motifs is 1. The van der Waals surface area contributed by atoms with Crippen molar-refractivity contribution in [1.82, 2.24) is 9.55 Å². The largest absolute Gasteiger partial charge is 0.490 e. The van der Waals surface area contributed by atoms with Crippen LogP contribution in [0.15, 0.2) is 77.6 Å². The summed E-state index contributed by atoms with van der Waals surface area (Å²) < 4.78 is 13.2. The Kier molecular flexibility index (Phi) is 6.53. The highest BCUT2D eigenvalue weighted by molar-refractivity contribution is 6.30. The highest BCUT2D eigenvalue weighted by atomic mass is 35.5. The lowest BCUT2D eigenvalue weighted by Crippen LogP contribution is -2.24. The van der Waals surface area contributed by atoms with Crippen molar-refractivity contribution in [3.8, 4) is 22.9 Å². The van der Waals surface area contributed by atoms with Gasteiger partial charge in [0.05, 0.1) is 24.1 Å². The first kappa shape index (κ1) is 20.9. The van der Waals surface area contributed by atoms with Crippen molar-refractivity contribution >= 4 is 22.5 Å². The zero-order chi connectivity index (χ0) is 21.6. The fourth-order valence-corrected chi connectivity index (χ4v) is 3.57. The highest BCUT2D eigenvalue weighted by Crippen LogP contribution is 2.26. The van der Waals surface area contributed by atoms with Crippen LogP contribution in [0.5, 0.6) is 11.5 Å². The molecule has 0 unspecified atom stereocenters. The van der Waals surface area contributed by atoms with Crippen LogP contribution in [-0.4, -0.2) is 22.8 Å². The fourth-order valence-electron chi connectivity index (χ4n) is 3.44. The molecule has 0 aliphatic rings. The fraction of sp³-hybridized carbons (Fsp3) is 0.200. The number of hydrogen-bond donors (Lipinski definition) is 0. The maximum absolute atomic E-state index is 13.2. The van der Waals surface area contributed by atoms with Crippen LogP contribution in [0.2, 0.25) is 5.02 Å². The van der Waals surface area contributed by atoms with Gasteiger partial charge in [-0.1, -0.05) is 35.9 Å². The third kappa shape index (κ3) is 4.72. The molecule has 1 heterocycles. The molecule has 0 aliphatic heterocycles. The van der Waals surface area contributed by atoms with Gasteiger partial charge >= 0.3 is 0 Å². The first-order valence-electron chi connectivity index (χ1n) is 10.3. The van der Waals surface area contributed by atoms with Gasteiger partial charge in [-0.3, -0.25) is 9.36 Å². The summed E-state index contributed by atoms with van der Waals surface area (Å²) >= 11 is 6.05. The van der Waals surface area contributed by atoms with E-state index in [2.05, 4.69) is 0 Å². The summed E-state index contributed by atoms with van der Waals surface area (Å²) in [6.45, 7) is 3.44. The van der Waals surface area contributed by atoms with Gasteiger partial charge in [-0.15, -0.1) is 0 Å². The van der Waals surface area contributed by atoms with Crippen LogP contribution in [-0.2, 0) is 6.54 Å². The molecule has 0 N–H and O–H groups in total. The van der Waals surface area contributed by atoms with Crippen molar-refractivity contribution in [2.45, 2.75) is 19.9 Å². The van der Waals surface area contributed by atoms with Crippen LogP contribution >= 0.6 is 11.6 Å². The number of rotatable bonds is 8. The number of ether oxygens (including phenoxy) is 2. The SMILES string of the molecule is CCOc1ccccc1OCCCn1c(-c2ccc(Cl)cc2)nc2ccccc2c1=O. The third-order valence-corrected chi connectivity index (χ3v) is 5.15. The predicted octanol–water partition coefficient (Wildman–Crippen LogP) is 5.58. The summed E-state index contributed by atoms with van der Waals surface area (Å²) in [4.78, 5) is 18.0. The molecule has 0 saturated carbocycles. The second kappa shape index (κ2) is 9.67. The molecule has 31 heavy (non-hydrogen) atoms. The van der Waals surface area contributed by atoms with Crippen LogP contribution < -0.4 is 15.0 Å². The van der Waals surface area contributed by atoms with Crippen LogP contribution in [0, 0.1) is 0 Å². The summed E-state index contributed by atoms with van der Waals surface area (Å²) in [5.41, 5.74) is 1.45. The van der Waals surface area contributed by atoms with E-state index in [9.17, 15) is 4.79 Å². The molecule has 0 atom stereocenters. The Labute approximate surface area is 185 Å². The molecule has 0 amide bonds. The average Bonchev–Trinajstić information content (AvgIpc) is 2.79. The monoisotopic (exact) mass is 434 g/mol. The van der Waals surface area contributed by atoms with Crippen LogP contribution in [0.25, 0.3) is 22.3 Å². The van der Waals surface area contributed by atoms with Gasteiger partial charge in [-0.25, -0.2) is 4.98 Å². The molecule has 0 radical (unpaired) electrons. The third-order valence-electron chi connectivity index (χ3n) is 4.90. The first-order chi connectivity index (χ1) is 15.2. The van der Waals surface area contributed by atoms with E-state index in [1.54, 1.807) is 16.7 Å². The maximum Gasteiger partial charge on any atom is 0.261 e. The zero-order valence-electron chi connectivity index (χ0n) is 17.3. The van der Waals surface area contributed by atoms with Gasteiger partial charge in [-0.05, 0) is 61.9 Å². The standard InChI is InChI=1S/C25H23ClN2O3/c1-2-30-22-10-5-6-11-23(22)31-17-7-16-28-24(18-12-14-19(26)15-13-18)27-21-9-4-3-8-20(21)25(28)29/h3-6,8-15H,2,7,16-17H2,1H3. The lowest BCUT2D eigenvalue weighted by molar-refractivity contribution is 0.268. The molecule has 5 nitrogen and oxygen atoms in total. The Balaban J connectivity index is 1.59. The lowest BCUT2D eigenvalue weighted by Gasteiger charge is -2.15. The summed E-state index contributed by atoms with van der Waals surface area (Å²) in [7, 11) is 0. The maximum atomic E-state index is 13.2. The van der Waals surface area contributed by atoms with E-state index in [0.29, 0.717) is 53.7 Å². The number of halogens is 1. The van der Waals surface area contributed by atoms with Crippen molar-refractivity contribution in [3.05, 3.63) is 88.2 Å². The molecule has 0 bridgehead atoms. The summed E-state index contributed by atoms with van der Waals surface area (Å²) in [5, 5.41) is 1.24. The quantitative estimate of drug-likeness (QED) is 0.339. The molecular weight excluding hydrogens is 412 g/mol. The molecule has 3 aromatic carbocycles. The van der Waals surface area contributed by atoms with Crippen LogP contribution in [0.4, 0.5) is 0 Å². The second-order valence-corrected chi connectivity index (χ2v) is 7.43. The number of hydrogen-bond acceptors (Lipinski definition) is 4. The Bertz CT molecular complexity index is 1240. The number of aromatic nitrogens is 2. The van der Waals surface area contributed by atoms with E-state index in [0.717, 1.165) is 11.3 Å². The predicted molar refractivity (Wildman–Crippen MR) is 124 cm³/mol. The van der Waals surface area contributed by atoms with Gasteiger partial charge in [0, 0.05) is 17.1 Å². The molecule has 158 valence electrons. The van der Waals surface area contributed by atoms with Gasteiger partial charge in [0.25, 0.3) is 5.56 Å². The van der Waals surface area contributed by atoms with Gasteiger partial charge in [0.2, 0.25) is 0 Å².